The van der Waals surface area contributed by atoms with Crippen LogP contribution in [0.15, 0.2) is 30.6 Å². The van der Waals surface area contributed by atoms with Gasteiger partial charge in [-0.1, -0.05) is 12.1 Å². The predicted octanol–water partition coefficient (Wildman–Crippen LogP) is 4.61. The summed E-state index contributed by atoms with van der Waals surface area (Å²) < 4.78 is 66.5. The van der Waals surface area contributed by atoms with E-state index < -0.39 is 17.7 Å². The molecule has 4 rings (SSSR count). The summed E-state index contributed by atoms with van der Waals surface area (Å²) >= 11 is 0. The van der Waals surface area contributed by atoms with E-state index in [-0.39, 0.29) is 48.6 Å². The average molecular weight is 436 g/mol. The highest BCUT2D eigenvalue weighted by atomic mass is 19.4. The highest BCUT2D eigenvalue weighted by Crippen LogP contribution is 2.44. The molecule has 3 aromatic rings. The van der Waals surface area contributed by atoms with Crippen LogP contribution in [0, 0.1) is 17.2 Å². The van der Waals surface area contributed by atoms with Crippen LogP contribution in [0.5, 0.6) is 0 Å². The third-order valence-electron chi connectivity index (χ3n) is 5.40. The van der Waals surface area contributed by atoms with E-state index in [0.29, 0.717) is 11.1 Å². The maximum absolute atomic E-state index is 13.2. The molecule has 1 saturated carbocycles. The molecule has 1 atom stereocenters. The van der Waals surface area contributed by atoms with Crippen LogP contribution < -0.4 is 5.32 Å². The number of nitrogens with one attached hydrogen (secondary N) is 1. The maximum Gasteiger partial charge on any atom is 0.416 e. The van der Waals surface area contributed by atoms with E-state index in [4.69, 9.17) is 0 Å². The second-order valence-corrected chi connectivity index (χ2v) is 7.70. The van der Waals surface area contributed by atoms with Crippen molar-refractivity contribution >= 4 is 17.0 Å². The molecule has 0 spiro atoms. The molecule has 0 bridgehead atoms. The molecule has 6 nitrogen and oxygen atoms in total. The van der Waals surface area contributed by atoms with Crippen molar-refractivity contribution in [1.82, 2.24) is 19.5 Å². The summed E-state index contributed by atoms with van der Waals surface area (Å²) in [5.74, 6) is -2.77. The van der Waals surface area contributed by atoms with Gasteiger partial charge in [0.15, 0.2) is 11.5 Å². The Bertz CT molecular complexity index is 1140. The molecule has 1 unspecified atom stereocenters. The Hall–Kier alpha value is -3.29. The van der Waals surface area contributed by atoms with Gasteiger partial charge in [-0.15, -0.1) is 0 Å². The molecule has 0 amide bonds. The highest BCUT2D eigenvalue weighted by Gasteiger charge is 2.47. The molecule has 31 heavy (non-hydrogen) atoms. The summed E-state index contributed by atoms with van der Waals surface area (Å²) in [7, 11) is 0. The Morgan fingerprint density at radius 3 is 2.48 bits per heavy atom. The standard InChI is InChI=1S/C20H17F5N6/c1-11(13-6-19(21,22)7-13)28-18-16-17(29-15(8-26)30-18)27-10-31(16)9-12-2-4-14(5-3-12)20(23,24)25/h2-5,10-11,13H,6-7,9H2,1H3,(H,28,29,30). The van der Waals surface area contributed by atoms with Gasteiger partial charge in [0.2, 0.25) is 11.7 Å². The zero-order valence-electron chi connectivity index (χ0n) is 16.3. The Morgan fingerprint density at radius 2 is 1.90 bits per heavy atom. The van der Waals surface area contributed by atoms with Gasteiger partial charge in [-0.3, -0.25) is 0 Å². The first kappa shape index (κ1) is 21.0. The van der Waals surface area contributed by atoms with Crippen LogP contribution in [0.4, 0.5) is 27.8 Å². The van der Waals surface area contributed by atoms with Crippen LogP contribution in [0.1, 0.15) is 36.7 Å². The number of rotatable bonds is 5. The van der Waals surface area contributed by atoms with Crippen molar-refractivity contribution in [3.8, 4) is 6.07 Å². The number of fused-ring (bicyclic) bond motifs is 1. The quantitative estimate of drug-likeness (QED) is 0.591. The fraction of sp³-hybridized carbons (Fsp3) is 0.400. The predicted molar refractivity (Wildman–Crippen MR) is 101 cm³/mol. The minimum atomic E-state index is -4.42. The minimum Gasteiger partial charge on any atom is -0.365 e. The first-order chi connectivity index (χ1) is 14.6. The van der Waals surface area contributed by atoms with Crippen molar-refractivity contribution in [2.24, 2.45) is 5.92 Å². The maximum atomic E-state index is 13.2. The number of nitriles is 1. The van der Waals surface area contributed by atoms with Crippen molar-refractivity contribution < 1.29 is 22.0 Å². The molecular weight excluding hydrogens is 419 g/mol. The van der Waals surface area contributed by atoms with E-state index in [9.17, 15) is 27.2 Å². The number of benzene rings is 1. The normalized spacial score (nSPS) is 17.2. The molecule has 11 heteroatoms. The lowest BCUT2D eigenvalue weighted by Crippen LogP contribution is -2.43. The van der Waals surface area contributed by atoms with Crippen molar-refractivity contribution in [3.05, 3.63) is 47.5 Å². The van der Waals surface area contributed by atoms with E-state index >= 15 is 0 Å². The van der Waals surface area contributed by atoms with Crippen LogP contribution in [0.3, 0.4) is 0 Å². The zero-order valence-corrected chi connectivity index (χ0v) is 16.3. The largest absolute Gasteiger partial charge is 0.416 e. The van der Waals surface area contributed by atoms with Gasteiger partial charge in [-0.05, 0) is 30.5 Å². The number of alkyl halides is 5. The molecule has 2 aromatic heterocycles. The second kappa shape index (κ2) is 7.44. The summed E-state index contributed by atoms with van der Waals surface area (Å²) in [5.41, 5.74) is 0.514. The lowest BCUT2D eigenvalue weighted by Gasteiger charge is -2.39. The number of hydrogen-bond acceptors (Lipinski definition) is 5. The van der Waals surface area contributed by atoms with Crippen LogP contribution in [-0.4, -0.2) is 31.5 Å². The Morgan fingerprint density at radius 1 is 1.23 bits per heavy atom. The number of anilines is 1. The fourth-order valence-corrected chi connectivity index (χ4v) is 3.64. The Labute approximate surface area is 173 Å². The van der Waals surface area contributed by atoms with Crippen LogP contribution in [0.2, 0.25) is 0 Å². The lowest BCUT2D eigenvalue weighted by molar-refractivity contribution is -0.137. The van der Waals surface area contributed by atoms with E-state index in [1.165, 1.54) is 18.5 Å². The van der Waals surface area contributed by atoms with Gasteiger partial charge in [0, 0.05) is 25.4 Å². The summed E-state index contributed by atoms with van der Waals surface area (Å²) in [6.07, 6.45) is -3.44. The number of aromatic nitrogens is 4. The zero-order chi connectivity index (χ0) is 22.4. The summed E-state index contributed by atoms with van der Waals surface area (Å²) in [4.78, 5) is 12.4. The fourth-order valence-electron chi connectivity index (χ4n) is 3.64. The molecule has 1 aliphatic carbocycles. The SMILES string of the molecule is CC(Nc1nc(C#N)nc2ncn(Cc3ccc(C(F)(F)F)cc3)c12)C1CC(F)(F)C1. The molecule has 0 aliphatic heterocycles. The van der Waals surface area contributed by atoms with Gasteiger partial charge >= 0.3 is 6.18 Å². The first-order valence-corrected chi connectivity index (χ1v) is 9.49. The van der Waals surface area contributed by atoms with Gasteiger partial charge in [0.05, 0.1) is 11.9 Å². The number of imidazole rings is 1. The van der Waals surface area contributed by atoms with Gasteiger partial charge in [-0.25, -0.2) is 13.8 Å². The second-order valence-electron chi connectivity index (χ2n) is 7.70. The molecule has 1 N–H and O–H groups in total. The van der Waals surface area contributed by atoms with Crippen molar-refractivity contribution in [2.75, 3.05) is 5.32 Å². The number of halogens is 5. The van der Waals surface area contributed by atoms with Gasteiger partial charge in [0.1, 0.15) is 11.6 Å². The van der Waals surface area contributed by atoms with Gasteiger partial charge < -0.3 is 9.88 Å². The molecule has 1 aliphatic rings. The summed E-state index contributed by atoms with van der Waals surface area (Å²) in [6, 6.07) is 6.24. The van der Waals surface area contributed by atoms with Gasteiger partial charge in [-0.2, -0.15) is 28.4 Å². The molecule has 2 heterocycles. The molecule has 1 fully saturated rings. The van der Waals surface area contributed by atoms with Crippen LogP contribution >= 0.6 is 0 Å². The average Bonchev–Trinajstić information content (AvgIpc) is 3.08. The van der Waals surface area contributed by atoms with E-state index in [0.717, 1.165) is 12.1 Å². The molecule has 0 saturated heterocycles. The van der Waals surface area contributed by atoms with E-state index in [2.05, 4.69) is 20.3 Å². The monoisotopic (exact) mass is 436 g/mol. The summed E-state index contributed by atoms with van der Waals surface area (Å²) in [5, 5.41) is 12.3. The molecule has 1 aromatic carbocycles. The molecule has 0 radical (unpaired) electrons. The van der Waals surface area contributed by atoms with E-state index in [1.807, 2.05) is 6.07 Å². The van der Waals surface area contributed by atoms with Crippen LogP contribution in [0.25, 0.3) is 11.2 Å². The van der Waals surface area contributed by atoms with Crippen molar-refractivity contribution in [2.45, 2.75) is 44.5 Å². The highest BCUT2D eigenvalue weighted by molar-refractivity contribution is 5.84. The third kappa shape index (κ3) is 4.28. The van der Waals surface area contributed by atoms with Crippen LogP contribution in [-0.2, 0) is 12.7 Å². The van der Waals surface area contributed by atoms with Gasteiger partial charge in [0.25, 0.3) is 0 Å². The molecule has 162 valence electrons. The van der Waals surface area contributed by atoms with Crippen molar-refractivity contribution in [3.63, 3.8) is 0 Å². The number of nitrogens with zero attached hydrogens (tertiary/aromatic N) is 5. The Balaban J connectivity index is 1.63. The minimum absolute atomic E-state index is 0.124. The number of hydrogen-bond donors (Lipinski definition) is 1. The van der Waals surface area contributed by atoms with E-state index in [1.54, 1.807) is 11.5 Å². The smallest absolute Gasteiger partial charge is 0.365 e. The lowest BCUT2D eigenvalue weighted by atomic mass is 9.77. The van der Waals surface area contributed by atoms with Crippen molar-refractivity contribution in [1.29, 1.82) is 5.26 Å². The topological polar surface area (TPSA) is 79.4 Å². The summed E-state index contributed by atoms with van der Waals surface area (Å²) in [6.45, 7) is 1.95. The first-order valence-electron chi connectivity index (χ1n) is 9.49. The third-order valence-corrected chi connectivity index (χ3v) is 5.40. The molecular formula is C20H17F5N6. The Kier molecular flexibility index (Phi) is 5.03.